The van der Waals surface area contributed by atoms with Crippen LogP contribution in [0, 0.1) is 13.8 Å². The van der Waals surface area contributed by atoms with Crippen molar-refractivity contribution >= 4 is 70.7 Å². The van der Waals surface area contributed by atoms with E-state index in [0.717, 1.165) is 48.7 Å². The standard InChI is InChI=1S/C23H16F3NO2S.C17H14BrNO2S/c1-13-17-6-3-7-18(19-12-15(22(28)29)8-9-27-19)21(17)30-20(13)11-14-4-2-5-16(10-14)23(24,25)26;1-10-12-4-3-5-13(16(12)22-15(10)9-18)14-8-11(6-7-19-14)17(20)21-2/h2-10,12H,11H2,1H3,(H,28,29);3-8H,9H2,1-2H3. The van der Waals surface area contributed by atoms with Crippen molar-refractivity contribution in [1.82, 2.24) is 9.97 Å². The van der Waals surface area contributed by atoms with Crippen molar-refractivity contribution in [3.8, 4) is 22.5 Å². The molecule has 0 aliphatic carbocycles. The molecule has 0 unspecified atom stereocenters. The van der Waals surface area contributed by atoms with E-state index in [1.54, 1.807) is 35.7 Å². The molecule has 6 nitrogen and oxygen atoms in total. The van der Waals surface area contributed by atoms with Crippen LogP contribution in [0.15, 0.2) is 97.3 Å². The van der Waals surface area contributed by atoms with Gasteiger partial charge >= 0.3 is 18.1 Å². The first-order valence-corrected chi connectivity index (χ1v) is 18.6. The first-order valence-electron chi connectivity index (χ1n) is 15.9. The molecule has 0 saturated carbocycles. The molecule has 4 aromatic heterocycles. The van der Waals surface area contributed by atoms with Gasteiger partial charge in [0.2, 0.25) is 0 Å². The number of alkyl halides is 4. The summed E-state index contributed by atoms with van der Waals surface area (Å²) in [7, 11) is 1.38. The summed E-state index contributed by atoms with van der Waals surface area (Å²) in [4.78, 5) is 34.0. The van der Waals surface area contributed by atoms with E-state index in [1.807, 2.05) is 37.3 Å². The van der Waals surface area contributed by atoms with E-state index >= 15 is 0 Å². The lowest BCUT2D eigenvalue weighted by atomic mass is 10.0. The number of esters is 1. The number of aryl methyl sites for hydroxylation is 2. The second kappa shape index (κ2) is 15.4. The third-order valence-corrected chi connectivity index (χ3v) is 12.2. The Morgan fingerprint density at radius 1 is 0.769 bits per heavy atom. The van der Waals surface area contributed by atoms with E-state index < -0.39 is 17.7 Å². The van der Waals surface area contributed by atoms with Gasteiger partial charge in [-0.1, -0.05) is 70.5 Å². The van der Waals surface area contributed by atoms with Gasteiger partial charge < -0.3 is 9.84 Å². The lowest BCUT2D eigenvalue weighted by molar-refractivity contribution is -0.137. The summed E-state index contributed by atoms with van der Waals surface area (Å²) in [5, 5.41) is 12.3. The topological polar surface area (TPSA) is 89.4 Å². The quantitative estimate of drug-likeness (QED) is 0.127. The van der Waals surface area contributed by atoms with Gasteiger partial charge in [-0.2, -0.15) is 13.2 Å². The van der Waals surface area contributed by atoms with Gasteiger partial charge in [-0.15, -0.1) is 22.7 Å². The lowest BCUT2D eigenvalue weighted by Gasteiger charge is -2.08. The third kappa shape index (κ3) is 7.64. The number of nitrogens with zero attached hydrogens (tertiary/aromatic N) is 2. The van der Waals surface area contributed by atoms with Crippen LogP contribution in [0.2, 0.25) is 0 Å². The summed E-state index contributed by atoms with van der Waals surface area (Å²) in [6.07, 6.45) is -0.885. The Morgan fingerprint density at radius 2 is 1.31 bits per heavy atom. The van der Waals surface area contributed by atoms with Crippen LogP contribution in [-0.4, -0.2) is 34.1 Å². The number of pyridine rings is 2. The van der Waals surface area contributed by atoms with Gasteiger partial charge in [0.15, 0.2) is 0 Å². The van der Waals surface area contributed by atoms with Crippen LogP contribution in [0.25, 0.3) is 42.7 Å². The molecule has 0 spiro atoms. The highest BCUT2D eigenvalue weighted by Gasteiger charge is 2.30. The lowest BCUT2D eigenvalue weighted by Crippen LogP contribution is -2.05. The smallest absolute Gasteiger partial charge is 0.416 e. The number of carboxylic acid groups (broad SMARTS) is 1. The molecule has 0 bridgehead atoms. The highest BCUT2D eigenvalue weighted by atomic mass is 79.9. The number of benzene rings is 3. The monoisotopic (exact) mass is 802 g/mol. The molecule has 0 radical (unpaired) electrons. The number of fused-ring (bicyclic) bond motifs is 2. The molecule has 0 fully saturated rings. The fourth-order valence-corrected chi connectivity index (χ4v) is 9.16. The molecule has 0 amide bonds. The van der Waals surface area contributed by atoms with E-state index in [2.05, 4.69) is 38.9 Å². The Labute approximate surface area is 313 Å². The molecular weight excluding hydrogens is 773 g/mol. The molecule has 7 aromatic rings. The number of carbonyl (C=O) groups is 2. The average Bonchev–Trinajstić information content (AvgIpc) is 3.66. The first-order chi connectivity index (χ1) is 24.9. The minimum Gasteiger partial charge on any atom is -0.478 e. The molecule has 7 rings (SSSR count). The van der Waals surface area contributed by atoms with Gasteiger partial charge in [-0.3, -0.25) is 9.97 Å². The van der Waals surface area contributed by atoms with Crippen LogP contribution in [0.4, 0.5) is 13.2 Å². The number of aromatic nitrogens is 2. The maximum atomic E-state index is 13.0. The molecule has 0 atom stereocenters. The Balaban J connectivity index is 0.000000187. The summed E-state index contributed by atoms with van der Waals surface area (Å²) in [5.41, 5.74) is 6.08. The van der Waals surface area contributed by atoms with Crippen molar-refractivity contribution in [1.29, 1.82) is 0 Å². The second-order valence-corrected chi connectivity index (χ2v) is 14.6. The normalized spacial score (nSPS) is 11.4. The number of carboxylic acids is 1. The first kappa shape index (κ1) is 36.9. The van der Waals surface area contributed by atoms with Crippen LogP contribution >= 0.6 is 38.6 Å². The van der Waals surface area contributed by atoms with E-state index in [4.69, 9.17) is 4.74 Å². The number of methoxy groups -OCH3 is 1. The minimum atomic E-state index is -4.38. The van der Waals surface area contributed by atoms with Gasteiger partial charge in [0.25, 0.3) is 0 Å². The van der Waals surface area contributed by atoms with Crippen LogP contribution < -0.4 is 0 Å². The maximum Gasteiger partial charge on any atom is 0.416 e. The summed E-state index contributed by atoms with van der Waals surface area (Å²) in [5.74, 6) is -1.38. The number of halogens is 4. The van der Waals surface area contributed by atoms with Crippen molar-refractivity contribution < 1.29 is 32.6 Å². The van der Waals surface area contributed by atoms with Gasteiger partial charge in [0.1, 0.15) is 0 Å². The fourth-order valence-electron chi connectivity index (χ4n) is 5.86. The number of hydrogen-bond donors (Lipinski definition) is 1. The number of thiophene rings is 2. The maximum absolute atomic E-state index is 13.0. The van der Waals surface area contributed by atoms with Gasteiger partial charge in [-0.05, 0) is 71.6 Å². The predicted octanol–water partition coefficient (Wildman–Crippen LogP) is 11.5. The summed E-state index contributed by atoms with van der Waals surface area (Å²) >= 11 is 6.80. The number of carbonyl (C=O) groups excluding carboxylic acids is 1. The van der Waals surface area contributed by atoms with E-state index in [0.29, 0.717) is 23.2 Å². The number of ether oxygens (including phenoxy) is 1. The molecule has 4 heterocycles. The summed E-state index contributed by atoms with van der Waals surface area (Å²) < 4.78 is 46.0. The molecule has 0 aliphatic heterocycles. The molecule has 3 aromatic carbocycles. The van der Waals surface area contributed by atoms with Crippen molar-refractivity contribution in [3.05, 3.63) is 140 Å². The minimum absolute atomic E-state index is 0.148. The van der Waals surface area contributed by atoms with Crippen LogP contribution in [0.5, 0.6) is 0 Å². The molecule has 0 saturated heterocycles. The van der Waals surface area contributed by atoms with Crippen LogP contribution in [0.3, 0.4) is 0 Å². The Morgan fingerprint density at radius 3 is 1.87 bits per heavy atom. The number of aromatic carboxylic acids is 1. The van der Waals surface area contributed by atoms with Crippen LogP contribution in [0.1, 0.15) is 52.7 Å². The number of rotatable bonds is 7. The van der Waals surface area contributed by atoms with E-state index in [9.17, 15) is 27.9 Å². The second-order valence-electron chi connectivity index (χ2n) is 11.8. The van der Waals surface area contributed by atoms with Gasteiger partial charge in [-0.25, -0.2) is 9.59 Å². The Hall–Kier alpha value is -4.91. The van der Waals surface area contributed by atoms with Crippen molar-refractivity contribution in [2.75, 3.05) is 7.11 Å². The molecule has 12 heteroatoms. The Kier molecular flexibility index (Phi) is 10.9. The molecular formula is C40H30BrF3N2O4S2. The molecule has 0 aliphatic rings. The molecule has 52 heavy (non-hydrogen) atoms. The van der Waals surface area contributed by atoms with Crippen molar-refractivity contribution in [2.24, 2.45) is 0 Å². The largest absolute Gasteiger partial charge is 0.478 e. The van der Waals surface area contributed by atoms with Crippen molar-refractivity contribution in [3.63, 3.8) is 0 Å². The summed E-state index contributed by atoms with van der Waals surface area (Å²) in [6.45, 7) is 4.09. The zero-order valence-corrected chi connectivity index (χ0v) is 31.3. The highest BCUT2D eigenvalue weighted by Crippen LogP contribution is 2.40. The SMILES string of the molecule is COC(=O)c1ccnc(-c2cccc3c(C)c(CBr)sc23)c1.Cc1c(Cc2cccc(C(F)(F)F)c2)sc2c(-c3cc(C(=O)O)ccn3)cccc12. The van der Waals surface area contributed by atoms with E-state index in [-0.39, 0.29) is 11.5 Å². The van der Waals surface area contributed by atoms with E-state index in [1.165, 1.54) is 69.4 Å². The van der Waals surface area contributed by atoms with Gasteiger partial charge in [0, 0.05) is 54.4 Å². The van der Waals surface area contributed by atoms with Gasteiger partial charge in [0.05, 0.1) is 35.2 Å². The zero-order valence-electron chi connectivity index (χ0n) is 28.0. The number of hydrogen-bond acceptors (Lipinski definition) is 7. The van der Waals surface area contributed by atoms with Crippen molar-refractivity contribution in [2.45, 2.75) is 31.8 Å². The fraction of sp³-hybridized carbons (Fsp3) is 0.150. The molecule has 264 valence electrons. The summed E-state index contributed by atoms with van der Waals surface area (Å²) in [6, 6.07) is 23.7. The predicted molar refractivity (Wildman–Crippen MR) is 205 cm³/mol. The third-order valence-electron chi connectivity index (χ3n) is 8.61. The van der Waals surface area contributed by atoms with Crippen LogP contribution in [-0.2, 0) is 22.7 Å². The zero-order chi connectivity index (χ0) is 37.2. The molecule has 1 N–H and O–H groups in total. The highest BCUT2D eigenvalue weighted by molar-refractivity contribution is 9.08. The Bertz CT molecular complexity index is 2460. The average molecular weight is 804 g/mol.